The maximum absolute atomic E-state index is 6.56. The standard InChI is InChI=1S/C42H40N4O.Pt/c1-26(2)30-19-33(45-25-31(24-44-45)41-28(4)17-27(3)18-29(41)5)22-35(20-30)47-34-13-14-37-36-11-9-10-12-38(36)46(39(37)23-34)40-21-32(15-16-43-40)42(6,7)8;/h9-21,24-26H,1-8H3;/q-2;+2. The van der Waals surface area contributed by atoms with Gasteiger partial charge >= 0.3 is 21.1 Å². The molecule has 0 unspecified atom stereocenters. The number of hydrogen-bond donors (Lipinski definition) is 0. The van der Waals surface area contributed by atoms with E-state index in [9.17, 15) is 0 Å². The molecule has 0 spiro atoms. The number of rotatable bonds is 6. The summed E-state index contributed by atoms with van der Waals surface area (Å²) in [5.41, 5.74) is 11.3. The van der Waals surface area contributed by atoms with Crippen LogP contribution in [0.2, 0.25) is 0 Å². The number of aromatic nitrogens is 4. The van der Waals surface area contributed by atoms with Gasteiger partial charge in [0.2, 0.25) is 0 Å². The molecule has 7 aromatic rings. The zero-order chi connectivity index (χ0) is 33.0. The number of ether oxygens (including phenoxy) is 1. The molecule has 0 saturated carbocycles. The van der Waals surface area contributed by atoms with Crippen molar-refractivity contribution in [2.75, 3.05) is 0 Å². The van der Waals surface area contributed by atoms with Crippen molar-refractivity contribution in [3.8, 4) is 34.1 Å². The minimum atomic E-state index is -0.00343. The van der Waals surface area contributed by atoms with Crippen molar-refractivity contribution in [1.82, 2.24) is 19.3 Å². The van der Waals surface area contributed by atoms with E-state index in [-0.39, 0.29) is 32.4 Å². The van der Waals surface area contributed by atoms with E-state index in [2.05, 4.69) is 145 Å². The summed E-state index contributed by atoms with van der Waals surface area (Å²) in [6, 6.07) is 32.6. The van der Waals surface area contributed by atoms with Gasteiger partial charge in [-0.15, -0.1) is 41.3 Å². The average Bonchev–Trinajstić information content (AvgIpc) is 3.63. The Bertz CT molecular complexity index is 2260. The average molecular weight is 812 g/mol. The molecule has 0 aliphatic carbocycles. The number of aryl methyl sites for hydroxylation is 3. The molecule has 0 bridgehead atoms. The van der Waals surface area contributed by atoms with E-state index in [0.29, 0.717) is 11.5 Å². The third kappa shape index (κ3) is 6.24. The normalized spacial score (nSPS) is 11.8. The van der Waals surface area contributed by atoms with Crippen molar-refractivity contribution >= 4 is 21.8 Å². The Balaban J connectivity index is 0.00000401. The van der Waals surface area contributed by atoms with Gasteiger partial charge in [0.05, 0.1) is 6.20 Å². The molecule has 0 radical (unpaired) electrons. The number of benzene rings is 4. The second-order valence-corrected chi connectivity index (χ2v) is 14.0. The number of hydrogen-bond acceptors (Lipinski definition) is 3. The molecule has 3 aromatic heterocycles. The summed E-state index contributed by atoms with van der Waals surface area (Å²) in [4.78, 5) is 4.81. The molecule has 7 rings (SSSR count). The summed E-state index contributed by atoms with van der Waals surface area (Å²) in [5.74, 6) is 2.39. The van der Waals surface area contributed by atoms with Crippen LogP contribution in [0.4, 0.5) is 0 Å². The molecule has 0 saturated heterocycles. The van der Waals surface area contributed by atoms with Crippen LogP contribution in [0, 0.1) is 32.9 Å². The van der Waals surface area contributed by atoms with Crippen LogP contribution in [0.15, 0.2) is 91.4 Å². The molecular weight excluding hydrogens is 772 g/mol. The van der Waals surface area contributed by atoms with Crippen molar-refractivity contribution in [3.05, 3.63) is 131 Å². The second-order valence-electron chi connectivity index (χ2n) is 14.0. The van der Waals surface area contributed by atoms with Crippen LogP contribution in [0.1, 0.15) is 68.4 Å². The fourth-order valence-electron chi connectivity index (χ4n) is 6.58. The van der Waals surface area contributed by atoms with Crippen molar-refractivity contribution < 1.29 is 25.8 Å². The van der Waals surface area contributed by atoms with E-state index in [1.165, 1.54) is 27.8 Å². The molecule has 0 N–H and O–H groups in total. The van der Waals surface area contributed by atoms with Crippen LogP contribution < -0.4 is 4.74 Å². The van der Waals surface area contributed by atoms with Crippen LogP contribution in [-0.2, 0) is 26.5 Å². The minimum absolute atomic E-state index is 0. The Hall–Kier alpha value is -4.47. The maximum atomic E-state index is 6.56. The van der Waals surface area contributed by atoms with Gasteiger partial charge in [0.25, 0.3) is 0 Å². The molecular formula is C42H40N4OPt. The maximum Gasteiger partial charge on any atom is 2.00 e. The molecule has 0 amide bonds. The van der Waals surface area contributed by atoms with E-state index >= 15 is 0 Å². The van der Waals surface area contributed by atoms with Gasteiger partial charge < -0.3 is 9.30 Å². The smallest absolute Gasteiger partial charge is 0.509 e. The van der Waals surface area contributed by atoms with Crippen molar-refractivity contribution in [1.29, 1.82) is 0 Å². The van der Waals surface area contributed by atoms with E-state index in [1.807, 2.05) is 23.1 Å². The van der Waals surface area contributed by atoms with Gasteiger partial charge in [-0.05, 0) is 83.6 Å². The Kier molecular flexibility index (Phi) is 8.95. The van der Waals surface area contributed by atoms with Gasteiger partial charge in [-0.1, -0.05) is 76.0 Å². The Labute approximate surface area is 297 Å². The first-order valence-electron chi connectivity index (χ1n) is 16.3. The van der Waals surface area contributed by atoms with Crippen LogP contribution in [0.5, 0.6) is 11.5 Å². The summed E-state index contributed by atoms with van der Waals surface area (Å²) >= 11 is 0. The fourth-order valence-corrected chi connectivity index (χ4v) is 6.58. The second kappa shape index (κ2) is 12.9. The molecule has 3 heterocycles. The molecule has 4 aromatic carbocycles. The van der Waals surface area contributed by atoms with Crippen LogP contribution in [0.25, 0.3) is 44.4 Å². The molecule has 0 atom stereocenters. The first-order valence-corrected chi connectivity index (χ1v) is 16.3. The number of fused-ring (bicyclic) bond motifs is 3. The van der Waals surface area contributed by atoms with Crippen molar-refractivity contribution in [2.45, 2.75) is 66.7 Å². The van der Waals surface area contributed by atoms with Gasteiger partial charge in [-0.3, -0.25) is 4.68 Å². The molecule has 6 heteroatoms. The monoisotopic (exact) mass is 811 g/mol. The zero-order valence-corrected chi connectivity index (χ0v) is 31.0. The van der Waals surface area contributed by atoms with Crippen LogP contribution in [0.3, 0.4) is 0 Å². The first kappa shape index (κ1) is 33.4. The van der Waals surface area contributed by atoms with Gasteiger partial charge in [-0.25, -0.2) is 4.98 Å². The quantitative estimate of drug-likeness (QED) is 0.157. The summed E-state index contributed by atoms with van der Waals surface area (Å²) < 4.78 is 10.6. The van der Waals surface area contributed by atoms with Gasteiger partial charge in [-0.2, -0.15) is 11.2 Å². The summed E-state index contributed by atoms with van der Waals surface area (Å²) in [5, 5.41) is 7.01. The largest absolute Gasteiger partial charge is 2.00 e. The SMILES string of the molecule is Cc1cc(C)c(-c2cnn(-c3[c-]c(Oc4[c-]c5c(cc4)c4ccccc4n5-c4cc(C(C)(C)C)ccn4)cc(C(C)C)c3)c2)c(C)c1.[Pt+2]. The molecule has 0 aliphatic heterocycles. The van der Waals surface area contributed by atoms with Gasteiger partial charge in [0.15, 0.2) is 0 Å². The molecule has 48 heavy (non-hydrogen) atoms. The predicted molar refractivity (Wildman–Crippen MR) is 192 cm³/mol. The zero-order valence-electron chi connectivity index (χ0n) is 28.8. The topological polar surface area (TPSA) is 44.9 Å². The third-order valence-corrected chi connectivity index (χ3v) is 8.93. The number of pyridine rings is 1. The number of nitrogens with zero attached hydrogens (tertiary/aromatic N) is 4. The summed E-state index contributed by atoms with van der Waals surface area (Å²) in [6.45, 7) is 17.5. The summed E-state index contributed by atoms with van der Waals surface area (Å²) in [7, 11) is 0. The van der Waals surface area contributed by atoms with Crippen LogP contribution >= 0.6 is 0 Å². The van der Waals surface area contributed by atoms with Crippen molar-refractivity contribution in [2.24, 2.45) is 0 Å². The van der Waals surface area contributed by atoms with Crippen LogP contribution in [-0.4, -0.2) is 19.3 Å². The Morgan fingerprint density at radius 2 is 1.56 bits per heavy atom. The Morgan fingerprint density at radius 3 is 2.29 bits per heavy atom. The molecule has 0 aliphatic rings. The van der Waals surface area contributed by atoms with Gasteiger partial charge in [0.1, 0.15) is 5.82 Å². The molecule has 0 fully saturated rings. The number of para-hydroxylation sites is 1. The molecule has 5 nitrogen and oxygen atoms in total. The predicted octanol–water partition coefficient (Wildman–Crippen LogP) is 10.8. The van der Waals surface area contributed by atoms with E-state index in [1.54, 1.807) is 0 Å². The minimum Gasteiger partial charge on any atom is -0.509 e. The van der Waals surface area contributed by atoms with E-state index in [0.717, 1.165) is 44.4 Å². The first-order chi connectivity index (χ1) is 22.5. The van der Waals surface area contributed by atoms with E-state index < -0.39 is 0 Å². The molecule has 244 valence electrons. The Morgan fingerprint density at radius 1 is 0.812 bits per heavy atom. The fraction of sp³-hybridized carbons (Fsp3) is 0.238. The van der Waals surface area contributed by atoms with Gasteiger partial charge in [0, 0.05) is 35.0 Å². The van der Waals surface area contributed by atoms with Crippen molar-refractivity contribution in [3.63, 3.8) is 0 Å². The third-order valence-electron chi connectivity index (χ3n) is 8.93. The van der Waals surface area contributed by atoms with E-state index in [4.69, 9.17) is 14.8 Å². The summed E-state index contributed by atoms with van der Waals surface area (Å²) in [6.07, 6.45) is 5.91.